The highest BCUT2D eigenvalue weighted by atomic mass is 16.4. The minimum absolute atomic E-state index is 0.0593. The third-order valence-corrected chi connectivity index (χ3v) is 2.70. The number of aromatic nitrogens is 1. The van der Waals surface area contributed by atoms with Gasteiger partial charge in [-0.05, 0) is 12.1 Å². The molecule has 1 N–H and O–H groups in total. The summed E-state index contributed by atoms with van der Waals surface area (Å²) in [5.74, 6) is -0.0950. The SMILES string of the molecule is O=Cc1c/c(=N/O)ccn1CC(=O)c1ccccc1. The first-order chi connectivity index (χ1) is 9.24. The molecule has 5 nitrogen and oxygen atoms in total. The van der Waals surface area contributed by atoms with E-state index in [0.717, 1.165) is 0 Å². The Morgan fingerprint density at radius 1 is 1.26 bits per heavy atom. The van der Waals surface area contributed by atoms with Crippen molar-refractivity contribution in [3.8, 4) is 0 Å². The number of Topliss-reactive ketones (excluding diaryl/α,β-unsaturated/α-hetero) is 1. The van der Waals surface area contributed by atoms with Gasteiger partial charge >= 0.3 is 0 Å². The summed E-state index contributed by atoms with van der Waals surface area (Å²) in [6, 6.07) is 11.8. The molecule has 0 aliphatic carbocycles. The van der Waals surface area contributed by atoms with Crippen LogP contribution in [0.15, 0.2) is 53.8 Å². The molecule has 1 aromatic carbocycles. The van der Waals surface area contributed by atoms with Crippen molar-refractivity contribution in [1.29, 1.82) is 0 Å². The van der Waals surface area contributed by atoms with Gasteiger partial charge in [-0.1, -0.05) is 35.5 Å². The normalized spacial score (nSPS) is 11.3. The third-order valence-electron chi connectivity index (χ3n) is 2.70. The number of hydrogen-bond acceptors (Lipinski definition) is 4. The van der Waals surface area contributed by atoms with Crippen LogP contribution in [-0.2, 0) is 6.54 Å². The molecule has 0 amide bonds. The topological polar surface area (TPSA) is 71.7 Å². The number of nitrogens with zero attached hydrogens (tertiary/aromatic N) is 2. The van der Waals surface area contributed by atoms with Gasteiger partial charge in [-0.15, -0.1) is 0 Å². The molecule has 5 heteroatoms. The summed E-state index contributed by atoms with van der Waals surface area (Å²) in [6.07, 6.45) is 2.16. The minimum Gasteiger partial charge on any atom is -0.410 e. The van der Waals surface area contributed by atoms with Crippen molar-refractivity contribution in [1.82, 2.24) is 4.57 Å². The van der Waals surface area contributed by atoms with Crippen molar-refractivity contribution >= 4 is 12.1 Å². The van der Waals surface area contributed by atoms with E-state index in [4.69, 9.17) is 5.21 Å². The van der Waals surface area contributed by atoms with E-state index < -0.39 is 0 Å². The first-order valence-corrected chi connectivity index (χ1v) is 5.66. The van der Waals surface area contributed by atoms with Crippen LogP contribution in [-0.4, -0.2) is 21.8 Å². The second-order valence-corrected chi connectivity index (χ2v) is 3.94. The lowest BCUT2D eigenvalue weighted by atomic mass is 10.1. The van der Waals surface area contributed by atoms with Crippen molar-refractivity contribution in [3.05, 3.63) is 65.3 Å². The molecule has 96 valence electrons. The van der Waals surface area contributed by atoms with E-state index in [-0.39, 0.29) is 23.4 Å². The zero-order chi connectivity index (χ0) is 13.7. The van der Waals surface area contributed by atoms with Crippen LogP contribution in [0.5, 0.6) is 0 Å². The van der Waals surface area contributed by atoms with Crippen LogP contribution in [0.3, 0.4) is 0 Å². The smallest absolute Gasteiger partial charge is 0.182 e. The quantitative estimate of drug-likeness (QED) is 0.390. The van der Waals surface area contributed by atoms with E-state index in [0.29, 0.717) is 11.8 Å². The minimum atomic E-state index is -0.0950. The maximum atomic E-state index is 12.0. The molecule has 0 atom stereocenters. The number of ketones is 1. The fraction of sp³-hybridized carbons (Fsp3) is 0.0714. The lowest BCUT2D eigenvalue weighted by Crippen LogP contribution is -2.17. The van der Waals surface area contributed by atoms with Crippen LogP contribution in [0, 0.1) is 0 Å². The number of hydrogen-bond donors (Lipinski definition) is 1. The predicted molar refractivity (Wildman–Crippen MR) is 67.9 cm³/mol. The number of carbonyl (C=O) groups is 2. The number of carbonyl (C=O) groups excluding carboxylic acids is 2. The summed E-state index contributed by atoms with van der Waals surface area (Å²) in [4.78, 5) is 23.0. The van der Waals surface area contributed by atoms with Crippen molar-refractivity contribution in [3.63, 3.8) is 0 Å². The molecular weight excluding hydrogens is 244 g/mol. The Hall–Kier alpha value is -2.69. The zero-order valence-corrected chi connectivity index (χ0v) is 10.1. The molecule has 0 bridgehead atoms. The standard InChI is InChI=1S/C14H12N2O3/c17-10-13-8-12(15-19)6-7-16(13)9-14(18)11-4-2-1-3-5-11/h1-8,10,19H,9H2/b15-12+. The Bertz CT molecular complexity index is 660. The van der Waals surface area contributed by atoms with Gasteiger partial charge in [0.15, 0.2) is 12.1 Å². The molecule has 1 heterocycles. The monoisotopic (exact) mass is 256 g/mol. The molecule has 0 radical (unpaired) electrons. The number of pyridine rings is 1. The lowest BCUT2D eigenvalue weighted by Gasteiger charge is -2.08. The van der Waals surface area contributed by atoms with E-state index in [1.165, 1.54) is 16.7 Å². The Morgan fingerprint density at radius 3 is 2.63 bits per heavy atom. The Kier molecular flexibility index (Phi) is 3.87. The van der Waals surface area contributed by atoms with Gasteiger partial charge in [0.2, 0.25) is 0 Å². The molecule has 0 saturated heterocycles. The highest BCUT2D eigenvalue weighted by molar-refractivity contribution is 5.96. The number of aldehydes is 1. The summed E-state index contributed by atoms with van der Waals surface area (Å²) in [7, 11) is 0. The van der Waals surface area contributed by atoms with Gasteiger partial charge in [-0.25, -0.2) is 0 Å². The van der Waals surface area contributed by atoms with Gasteiger partial charge in [0.05, 0.1) is 12.2 Å². The van der Waals surface area contributed by atoms with Gasteiger partial charge in [0, 0.05) is 11.8 Å². The molecule has 0 aliphatic rings. The average Bonchev–Trinajstić information content (AvgIpc) is 2.48. The van der Waals surface area contributed by atoms with Crippen LogP contribution < -0.4 is 5.36 Å². The largest absolute Gasteiger partial charge is 0.410 e. The van der Waals surface area contributed by atoms with Crippen LogP contribution in [0.2, 0.25) is 0 Å². The maximum Gasteiger partial charge on any atom is 0.182 e. The molecule has 0 aliphatic heterocycles. The second-order valence-electron chi connectivity index (χ2n) is 3.94. The predicted octanol–water partition coefficient (Wildman–Crippen LogP) is 1.47. The van der Waals surface area contributed by atoms with Crippen molar-refractivity contribution in [2.45, 2.75) is 6.54 Å². The molecule has 2 rings (SSSR count). The van der Waals surface area contributed by atoms with Gasteiger partial charge in [0.25, 0.3) is 0 Å². The summed E-state index contributed by atoms with van der Waals surface area (Å²) in [5.41, 5.74) is 0.863. The van der Waals surface area contributed by atoms with Crippen LogP contribution in [0.25, 0.3) is 0 Å². The van der Waals surface area contributed by atoms with Crippen LogP contribution >= 0.6 is 0 Å². The molecule has 0 fully saturated rings. The molecule has 2 aromatic rings. The Morgan fingerprint density at radius 2 is 2.00 bits per heavy atom. The van der Waals surface area contributed by atoms with E-state index in [1.807, 2.05) is 6.07 Å². The number of benzene rings is 1. The molecular formula is C14H12N2O3. The van der Waals surface area contributed by atoms with Crippen molar-refractivity contribution in [2.24, 2.45) is 5.16 Å². The van der Waals surface area contributed by atoms with Crippen molar-refractivity contribution in [2.75, 3.05) is 0 Å². The van der Waals surface area contributed by atoms with Gasteiger partial charge < -0.3 is 9.77 Å². The molecule has 19 heavy (non-hydrogen) atoms. The van der Waals surface area contributed by atoms with Gasteiger partial charge in [0.1, 0.15) is 5.36 Å². The highest BCUT2D eigenvalue weighted by Crippen LogP contribution is 2.03. The summed E-state index contributed by atoms with van der Waals surface area (Å²) in [5, 5.41) is 11.9. The Balaban J connectivity index is 2.29. The van der Waals surface area contributed by atoms with E-state index in [2.05, 4.69) is 5.16 Å². The summed E-state index contributed by atoms with van der Waals surface area (Å²) >= 11 is 0. The van der Waals surface area contributed by atoms with Gasteiger partial charge in [-0.2, -0.15) is 0 Å². The first kappa shape index (κ1) is 12.8. The van der Waals surface area contributed by atoms with Crippen molar-refractivity contribution < 1.29 is 14.8 Å². The summed E-state index contributed by atoms with van der Waals surface area (Å²) in [6.45, 7) is 0.0593. The number of rotatable bonds is 4. The molecule has 0 unspecified atom stereocenters. The van der Waals surface area contributed by atoms with Gasteiger partial charge in [-0.3, -0.25) is 9.59 Å². The zero-order valence-electron chi connectivity index (χ0n) is 10.1. The van der Waals surface area contributed by atoms with Crippen LogP contribution in [0.4, 0.5) is 0 Å². The van der Waals surface area contributed by atoms with E-state index in [1.54, 1.807) is 30.5 Å². The maximum absolute atomic E-state index is 12.0. The molecule has 0 saturated carbocycles. The Labute approximate surface area is 109 Å². The average molecular weight is 256 g/mol. The molecule has 1 aromatic heterocycles. The lowest BCUT2D eigenvalue weighted by molar-refractivity contribution is 0.0970. The second kappa shape index (κ2) is 5.77. The fourth-order valence-corrected chi connectivity index (χ4v) is 1.71. The fourth-order valence-electron chi connectivity index (χ4n) is 1.71. The van der Waals surface area contributed by atoms with E-state index >= 15 is 0 Å². The van der Waals surface area contributed by atoms with Crippen LogP contribution in [0.1, 0.15) is 20.8 Å². The highest BCUT2D eigenvalue weighted by Gasteiger charge is 2.07. The molecule has 0 spiro atoms. The third kappa shape index (κ3) is 2.95. The van der Waals surface area contributed by atoms with E-state index in [9.17, 15) is 9.59 Å². The first-order valence-electron chi connectivity index (χ1n) is 5.66. The summed E-state index contributed by atoms with van der Waals surface area (Å²) < 4.78 is 1.51.